The van der Waals surface area contributed by atoms with Crippen molar-refractivity contribution >= 4 is 5.95 Å². The molecule has 32 heavy (non-hydrogen) atoms. The quantitative estimate of drug-likeness (QED) is 0.493. The molecule has 3 heterocycles. The Bertz CT molecular complexity index is 1010. The monoisotopic (exact) mass is 441 g/mol. The molecule has 0 bridgehead atoms. The maximum absolute atomic E-state index is 14.4. The summed E-state index contributed by atoms with van der Waals surface area (Å²) in [5.41, 5.74) is 2.00. The molecule has 6 nitrogen and oxygen atoms in total. The number of nitrogens with zero attached hydrogens (tertiary/aromatic N) is 4. The van der Waals surface area contributed by atoms with Gasteiger partial charge in [0.1, 0.15) is 17.4 Å². The Balaban J connectivity index is 1.22. The summed E-state index contributed by atoms with van der Waals surface area (Å²) in [7, 11) is 0. The molecular weight excluding hydrogens is 412 g/mol. The Labute approximate surface area is 187 Å². The fraction of sp³-hybridized carbons (Fsp3) is 0.458. The molecule has 0 atom stereocenters. The summed E-state index contributed by atoms with van der Waals surface area (Å²) in [6, 6.07) is 4.06. The standard InChI is InChI=1S/C24H29F2N5O/c1-3-17-14-27-24(28-15-17)31-8-6-18(7-9-31)5-4-10-32-19-12-20(25)23(21(26)13-19)22-11-16(2)29-30-22/h11-15,18H,3-10H2,1-2H3,(H,29,30). The molecule has 1 aliphatic heterocycles. The summed E-state index contributed by atoms with van der Waals surface area (Å²) >= 11 is 0. The zero-order valence-electron chi connectivity index (χ0n) is 18.6. The van der Waals surface area contributed by atoms with Gasteiger partial charge in [-0.15, -0.1) is 0 Å². The summed E-state index contributed by atoms with van der Waals surface area (Å²) in [5, 5.41) is 6.64. The van der Waals surface area contributed by atoms with Crippen LogP contribution in [0.15, 0.2) is 30.6 Å². The second-order valence-electron chi connectivity index (χ2n) is 8.36. The summed E-state index contributed by atoms with van der Waals surface area (Å²) in [6.07, 6.45) is 8.78. The van der Waals surface area contributed by atoms with E-state index in [1.165, 1.54) is 12.1 Å². The second-order valence-corrected chi connectivity index (χ2v) is 8.36. The number of aromatic nitrogens is 4. The summed E-state index contributed by atoms with van der Waals surface area (Å²) in [4.78, 5) is 11.2. The molecule has 2 aromatic heterocycles. The molecule has 0 spiro atoms. The molecule has 0 radical (unpaired) electrons. The minimum absolute atomic E-state index is 0.137. The maximum atomic E-state index is 14.4. The van der Waals surface area contributed by atoms with E-state index in [1.54, 1.807) is 13.0 Å². The summed E-state index contributed by atoms with van der Waals surface area (Å²) < 4.78 is 34.5. The maximum Gasteiger partial charge on any atom is 0.225 e. The highest BCUT2D eigenvalue weighted by Crippen LogP contribution is 2.29. The molecule has 1 aromatic carbocycles. The predicted octanol–water partition coefficient (Wildman–Crippen LogP) is 5.09. The van der Waals surface area contributed by atoms with Gasteiger partial charge in [0, 0.05) is 43.3 Å². The Morgan fingerprint density at radius 1 is 1.09 bits per heavy atom. The minimum atomic E-state index is -0.673. The number of H-pyrrole nitrogens is 1. The first-order valence-electron chi connectivity index (χ1n) is 11.2. The molecule has 0 aliphatic carbocycles. The third-order valence-electron chi connectivity index (χ3n) is 6.00. The van der Waals surface area contributed by atoms with Crippen LogP contribution >= 0.6 is 0 Å². The molecule has 0 unspecified atom stereocenters. The average molecular weight is 442 g/mol. The fourth-order valence-electron chi connectivity index (χ4n) is 4.10. The molecule has 3 aromatic rings. The fourth-order valence-corrected chi connectivity index (χ4v) is 4.10. The van der Waals surface area contributed by atoms with Gasteiger partial charge in [0.15, 0.2) is 0 Å². The predicted molar refractivity (Wildman–Crippen MR) is 120 cm³/mol. The molecule has 1 saturated heterocycles. The lowest BCUT2D eigenvalue weighted by atomic mass is 9.92. The first-order valence-corrected chi connectivity index (χ1v) is 11.2. The van der Waals surface area contributed by atoms with Gasteiger partial charge >= 0.3 is 0 Å². The number of benzene rings is 1. The van der Waals surface area contributed by atoms with Crippen molar-refractivity contribution < 1.29 is 13.5 Å². The zero-order valence-corrected chi connectivity index (χ0v) is 18.6. The first kappa shape index (κ1) is 22.2. The van der Waals surface area contributed by atoms with Crippen molar-refractivity contribution in [1.29, 1.82) is 0 Å². The van der Waals surface area contributed by atoms with Crippen LogP contribution in [-0.4, -0.2) is 39.9 Å². The summed E-state index contributed by atoms with van der Waals surface area (Å²) in [5.74, 6) is 0.282. The highest BCUT2D eigenvalue weighted by molar-refractivity contribution is 5.62. The van der Waals surface area contributed by atoms with Gasteiger partial charge < -0.3 is 9.64 Å². The van der Waals surface area contributed by atoms with Crippen LogP contribution in [0.4, 0.5) is 14.7 Å². The topological polar surface area (TPSA) is 66.9 Å². The van der Waals surface area contributed by atoms with E-state index in [-0.39, 0.29) is 17.0 Å². The van der Waals surface area contributed by atoms with Gasteiger partial charge in [0.05, 0.1) is 17.9 Å². The molecule has 8 heteroatoms. The van der Waals surface area contributed by atoms with Gasteiger partial charge in [-0.25, -0.2) is 18.7 Å². The van der Waals surface area contributed by atoms with Gasteiger partial charge in [-0.1, -0.05) is 6.92 Å². The number of hydrogen-bond acceptors (Lipinski definition) is 5. The molecule has 0 amide bonds. The van der Waals surface area contributed by atoms with Crippen LogP contribution in [0.3, 0.4) is 0 Å². The minimum Gasteiger partial charge on any atom is -0.493 e. The van der Waals surface area contributed by atoms with Gasteiger partial charge in [-0.05, 0) is 56.6 Å². The highest BCUT2D eigenvalue weighted by Gasteiger charge is 2.21. The Hall–Kier alpha value is -3.03. The molecule has 170 valence electrons. The van der Waals surface area contributed by atoms with Gasteiger partial charge in [-0.3, -0.25) is 5.10 Å². The third kappa shape index (κ3) is 5.23. The normalized spacial score (nSPS) is 14.7. The first-order chi connectivity index (χ1) is 15.5. The molecule has 1 fully saturated rings. The molecular formula is C24H29F2N5O. The van der Waals surface area contributed by atoms with Gasteiger partial charge in [0.25, 0.3) is 0 Å². The van der Waals surface area contributed by atoms with Crippen molar-refractivity contribution in [1.82, 2.24) is 20.2 Å². The van der Waals surface area contributed by atoms with Crippen molar-refractivity contribution in [2.45, 2.75) is 46.0 Å². The van der Waals surface area contributed by atoms with Crippen molar-refractivity contribution in [2.24, 2.45) is 5.92 Å². The van der Waals surface area contributed by atoms with Crippen molar-refractivity contribution in [3.63, 3.8) is 0 Å². The number of aryl methyl sites for hydroxylation is 2. The van der Waals surface area contributed by atoms with Crippen LogP contribution in [0.2, 0.25) is 0 Å². The van der Waals surface area contributed by atoms with E-state index in [4.69, 9.17) is 4.74 Å². The zero-order chi connectivity index (χ0) is 22.5. The third-order valence-corrected chi connectivity index (χ3v) is 6.00. The van der Waals surface area contributed by atoms with E-state index in [9.17, 15) is 8.78 Å². The van der Waals surface area contributed by atoms with Crippen LogP contribution in [0.25, 0.3) is 11.3 Å². The van der Waals surface area contributed by atoms with Crippen LogP contribution in [0, 0.1) is 24.5 Å². The molecule has 1 aliphatic rings. The van der Waals surface area contributed by atoms with Crippen LogP contribution in [0.1, 0.15) is 43.9 Å². The smallest absolute Gasteiger partial charge is 0.225 e. The molecule has 1 N–H and O–H groups in total. The van der Waals surface area contributed by atoms with Crippen molar-refractivity contribution in [3.05, 3.63) is 53.5 Å². The average Bonchev–Trinajstić information content (AvgIpc) is 3.22. The number of hydrogen-bond donors (Lipinski definition) is 1. The van der Waals surface area contributed by atoms with Crippen LogP contribution < -0.4 is 9.64 Å². The van der Waals surface area contributed by atoms with Crippen molar-refractivity contribution in [3.8, 4) is 17.0 Å². The number of ether oxygens (including phenoxy) is 1. The number of nitrogens with one attached hydrogen (secondary N) is 1. The van der Waals surface area contributed by atoms with Gasteiger partial charge in [-0.2, -0.15) is 5.10 Å². The summed E-state index contributed by atoms with van der Waals surface area (Å²) in [6.45, 7) is 6.20. The van der Waals surface area contributed by atoms with E-state index in [1.807, 2.05) is 12.4 Å². The lowest BCUT2D eigenvalue weighted by Gasteiger charge is -2.32. The highest BCUT2D eigenvalue weighted by atomic mass is 19.1. The van der Waals surface area contributed by atoms with Crippen LogP contribution in [-0.2, 0) is 6.42 Å². The lowest BCUT2D eigenvalue weighted by Crippen LogP contribution is -2.35. The number of rotatable bonds is 8. The number of piperidine rings is 1. The SMILES string of the molecule is CCc1cnc(N2CCC(CCCOc3cc(F)c(-c4cc(C)[nH]n4)c(F)c3)CC2)nc1. The largest absolute Gasteiger partial charge is 0.493 e. The van der Waals surface area contributed by atoms with Crippen LogP contribution in [0.5, 0.6) is 5.75 Å². The number of anilines is 1. The van der Waals surface area contributed by atoms with Gasteiger partial charge in [0.2, 0.25) is 5.95 Å². The molecule has 4 rings (SSSR count). The van der Waals surface area contributed by atoms with E-state index < -0.39 is 11.6 Å². The Morgan fingerprint density at radius 2 is 1.78 bits per heavy atom. The van der Waals surface area contributed by atoms with E-state index >= 15 is 0 Å². The lowest BCUT2D eigenvalue weighted by molar-refractivity contribution is 0.277. The Kier molecular flexibility index (Phi) is 6.97. The van der Waals surface area contributed by atoms with Crippen molar-refractivity contribution in [2.75, 3.05) is 24.6 Å². The van der Waals surface area contributed by atoms with E-state index in [2.05, 4.69) is 32.0 Å². The second kappa shape index (κ2) is 10.1. The van der Waals surface area contributed by atoms with E-state index in [0.717, 1.165) is 62.4 Å². The molecule has 0 saturated carbocycles. The number of aromatic amines is 1. The number of halogens is 2. The van der Waals surface area contributed by atoms with E-state index in [0.29, 0.717) is 12.5 Å². The Morgan fingerprint density at radius 3 is 2.38 bits per heavy atom.